The Bertz CT molecular complexity index is 359. The predicted octanol–water partition coefficient (Wildman–Crippen LogP) is -0.253. The van der Waals surface area contributed by atoms with Gasteiger partial charge in [0.25, 0.3) is 0 Å². The van der Waals surface area contributed by atoms with Crippen molar-refractivity contribution in [2.24, 2.45) is 0 Å². The fourth-order valence-electron chi connectivity index (χ4n) is 2.06. The SMILES string of the molecule is COC(=O)C[C@H](NC[C@@H]1COC(C)(C)N1C)C(=O)OC. The maximum absolute atomic E-state index is 11.6. The minimum atomic E-state index is -0.704. The van der Waals surface area contributed by atoms with Crippen molar-refractivity contribution >= 4 is 11.9 Å². The number of nitrogens with zero attached hydrogens (tertiary/aromatic N) is 1. The van der Waals surface area contributed by atoms with E-state index in [9.17, 15) is 9.59 Å². The largest absolute Gasteiger partial charge is 0.469 e. The standard InChI is InChI=1S/C13H24N2O5/c1-13(2)15(3)9(8-20-13)7-14-10(12(17)19-5)6-11(16)18-4/h9-10,14H,6-8H2,1-5H3/t9-,10+/m1/s1. The van der Waals surface area contributed by atoms with Crippen LogP contribution in [0.3, 0.4) is 0 Å². The molecule has 7 heteroatoms. The Labute approximate surface area is 119 Å². The lowest BCUT2D eigenvalue weighted by Gasteiger charge is -2.30. The second kappa shape index (κ2) is 7.01. The normalized spacial score (nSPS) is 23.4. The predicted molar refractivity (Wildman–Crippen MR) is 72.0 cm³/mol. The van der Waals surface area contributed by atoms with Crippen molar-refractivity contribution in [3.8, 4) is 0 Å². The number of hydrogen-bond acceptors (Lipinski definition) is 7. The first-order valence-corrected chi connectivity index (χ1v) is 6.56. The number of hydrogen-bond donors (Lipinski definition) is 1. The molecule has 0 saturated carbocycles. The highest BCUT2D eigenvalue weighted by molar-refractivity contribution is 5.82. The molecule has 0 aromatic carbocycles. The molecule has 7 nitrogen and oxygen atoms in total. The number of carbonyl (C=O) groups excluding carboxylic acids is 2. The molecule has 0 bridgehead atoms. The monoisotopic (exact) mass is 288 g/mol. The first kappa shape index (κ1) is 16.9. The lowest BCUT2D eigenvalue weighted by atomic mass is 10.1. The highest BCUT2D eigenvalue weighted by atomic mass is 16.5. The Morgan fingerprint density at radius 1 is 1.40 bits per heavy atom. The van der Waals surface area contributed by atoms with Crippen LogP contribution < -0.4 is 5.32 Å². The van der Waals surface area contributed by atoms with E-state index in [1.165, 1.54) is 14.2 Å². The first-order valence-electron chi connectivity index (χ1n) is 6.56. The van der Waals surface area contributed by atoms with Crippen molar-refractivity contribution in [3.05, 3.63) is 0 Å². The van der Waals surface area contributed by atoms with Crippen LogP contribution in [0.25, 0.3) is 0 Å². The van der Waals surface area contributed by atoms with Gasteiger partial charge in [0.2, 0.25) is 0 Å². The molecule has 1 N–H and O–H groups in total. The summed E-state index contributed by atoms with van der Waals surface area (Å²) in [4.78, 5) is 25.0. The summed E-state index contributed by atoms with van der Waals surface area (Å²) < 4.78 is 14.9. The minimum Gasteiger partial charge on any atom is -0.469 e. The summed E-state index contributed by atoms with van der Waals surface area (Å²) >= 11 is 0. The topological polar surface area (TPSA) is 77.1 Å². The van der Waals surface area contributed by atoms with E-state index in [1.807, 2.05) is 20.9 Å². The molecule has 1 aliphatic rings. The Morgan fingerprint density at radius 2 is 2.05 bits per heavy atom. The Morgan fingerprint density at radius 3 is 2.50 bits per heavy atom. The van der Waals surface area contributed by atoms with Gasteiger partial charge in [0.05, 0.1) is 27.2 Å². The molecular weight excluding hydrogens is 264 g/mol. The highest BCUT2D eigenvalue weighted by Crippen LogP contribution is 2.24. The van der Waals surface area contributed by atoms with E-state index in [4.69, 9.17) is 4.74 Å². The molecule has 0 aliphatic carbocycles. The third-order valence-electron chi connectivity index (χ3n) is 3.71. The number of ether oxygens (including phenoxy) is 3. The van der Waals surface area contributed by atoms with Gasteiger partial charge in [-0.3, -0.25) is 14.5 Å². The van der Waals surface area contributed by atoms with Crippen LogP contribution in [-0.2, 0) is 23.8 Å². The van der Waals surface area contributed by atoms with Crippen molar-refractivity contribution in [1.82, 2.24) is 10.2 Å². The third-order valence-corrected chi connectivity index (χ3v) is 3.71. The third kappa shape index (κ3) is 4.16. The van der Waals surface area contributed by atoms with Crippen molar-refractivity contribution < 1.29 is 23.8 Å². The van der Waals surface area contributed by atoms with Gasteiger partial charge in [-0.15, -0.1) is 0 Å². The van der Waals surface area contributed by atoms with Crippen LogP contribution in [0.15, 0.2) is 0 Å². The molecule has 0 spiro atoms. The number of nitrogens with one attached hydrogen (secondary N) is 1. The minimum absolute atomic E-state index is 0.0517. The van der Waals surface area contributed by atoms with Gasteiger partial charge in [-0.05, 0) is 20.9 Å². The number of esters is 2. The van der Waals surface area contributed by atoms with E-state index < -0.39 is 18.0 Å². The zero-order valence-electron chi connectivity index (χ0n) is 12.8. The summed E-state index contributed by atoms with van der Waals surface area (Å²) in [7, 11) is 4.55. The van der Waals surface area contributed by atoms with Gasteiger partial charge in [0.1, 0.15) is 11.8 Å². The van der Waals surface area contributed by atoms with E-state index in [0.29, 0.717) is 13.2 Å². The molecule has 1 fully saturated rings. The van der Waals surface area contributed by atoms with Crippen LogP contribution in [0, 0.1) is 0 Å². The second-order valence-electron chi connectivity index (χ2n) is 5.29. The lowest BCUT2D eigenvalue weighted by Crippen LogP contribution is -2.49. The summed E-state index contributed by atoms with van der Waals surface area (Å²) in [6, 6.07) is -0.570. The van der Waals surface area contributed by atoms with Gasteiger partial charge in [-0.25, -0.2) is 0 Å². The molecule has 0 radical (unpaired) electrons. The number of carbonyl (C=O) groups is 2. The van der Waals surface area contributed by atoms with E-state index in [2.05, 4.69) is 19.7 Å². The Balaban J connectivity index is 2.54. The average molecular weight is 288 g/mol. The van der Waals surface area contributed by atoms with E-state index in [-0.39, 0.29) is 18.2 Å². The molecule has 1 heterocycles. The molecule has 0 unspecified atom stereocenters. The van der Waals surface area contributed by atoms with Crippen LogP contribution in [0.1, 0.15) is 20.3 Å². The van der Waals surface area contributed by atoms with Gasteiger partial charge in [0.15, 0.2) is 0 Å². The maximum Gasteiger partial charge on any atom is 0.323 e. The quantitative estimate of drug-likeness (QED) is 0.675. The van der Waals surface area contributed by atoms with Crippen LogP contribution in [0.5, 0.6) is 0 Å². The fourth-order valence-corrected chi connectivity index (χ4v) is 2.06. The molecule has 1 rings (SSSR count). The summed E-state index contributed by atoms with van der Waals surface area (Å²) in [5.41, 5.74) is -0.324. The number of rotatable bonds is 6. The van der Waals surface area contributed by atoms with E-state index >= 15 is 0 Å². The summed E-state index contributed by atoms with van der Waals surface area (Å²) in [5.74, 6) is -0.930. The van der Waals surface area contributed by atoms with E-state index in [1.54, 1.807) is 0 Å². The van der Waals surface area contributed by atoms with Crippen LogP contribution in [-0.4, -0.2) is 69.1 Å². The van der Waals surface area contributed by atoms with Crippen molar-refractivity contribution in [3.63, 3.8) is 0 Å². The first-order chi connectivity index (χ1) is 9.31. The summed E-state index contributed by atoms with van der Waals surface area (Å²) in [5, 5.41) is 3.05. The van der Waals surface area contributed by atoms with E-state index in [0.717, 1.165) is 0 Å². The van der Waals surface area contributed by atoms with Crippen LogP contribution >= 0.6 is 0 Å². The zero-order valence-corrected chi connectivity index (χ0v) is 12.8. The second-order valence-corrected chi connectivity index (χ2v) is 5.29. The molecule has 0 aromatic heterocycles. The highest BCUT2D eigenvalue weighted by Gasteiger charge is 2.38. The number of methoxy groups -OCH3 is 2. The average Bonchev–Trinajstić information content (AvgIpc) is 2.68. The molecule has 0 amide bonds. The van der Waals surface area contributed by atoms with Crippen LogP contribution in [0.4, 0.5) is 0 Å². The Kier molecular flexibility index (Phi) is 5.91. The molecule has 1 aliphatic heterocycles. The molecule has 20 heavy (non-hydrogen) atoms. The van der Waals surface area contributed by atoms with Crippen molar-refractivity contribution in [2.75, 3.05) is 34.4 Å². The van der Waals surface area contributed by atoms with Crippen molar-refractivity contribution in [1.29, 1.82) is 0 Å². The van der Waals surface area contributed by atoms with Gasteiger partial charge in [-0.2, -0.15) is 0 Å². The summed E-state index contributed by atoms with van der Waals surface area (Å²) in [6.45, 7) is 5.07. The molecular formula is C13H24N2O5. The number of likely N-dealkylation sites (N-methyl/N-ethyl adjacent to an activating group) is 1. The molecule has 0 aromatic rings. The van der Waals surface area contributed by atoms with Gasteiger partial charge in [-0.1, -0.05) is 0 Å². The molecule has 1 saturated heterocycles. The Hall–Kier alpha value is -1.18. The molecule has 116 valence electrons. The smallest absolute Gasteiger partial charge is 0.323 e. The van der Waals surface area contributed by atoms with Gasteiger partial charge >= 0.3 is 11.9 Å². The van der Waals surface area contributed by atoms with Gasteiger partial charge < -0.3 is 19.5 Å². The molecule has 2 atom stereocenters. The lowest BCUT2D eigenvalue weighted by molar-refractivity contribution is -0.149. The maximum atomic E-state index is 11.6. The van der Waals surface area contributed by atoms with Crippen LogP contribution in [0.2, 0.25) is 0 Å². The zero-order chi connectivity index (χ0) is 15.3. The van der Waals surface area contributed by atoms with Gasteiger partial charge in [0, 0.05) is 12.6 Å². The fraction of sp³-hybridized carbons (Fsp3) is 0.846. The summed E-state index contributed by atoms with van der Waals surface area (Å²) in [6.07, 6.45) is -0.0517. The van der Waals surface area contributed by atoms with Crippen molar-refractivity contribution in [2.45, 2.75) is 38.1 Å².